The lowest BCUT2D eigenvalue weighted by Crippen LogP contribution is -2.30. The number of amides is 1. The molecule has 1 amide bonds. The van der Waals surface area contributed by atoms with E-state index >= 15 is 0 Å². The van der Waals surface area contributed by atoms with Gasteiger partial charge < -0.3 is 9.42 Å². The molecule has 1 aliphatic rings. The van der Waals surface area contributed by atoms with E-state index in [4.69, 9.17) is 16.1 Å². The first-order chi connectivity index (χ1) is 14.2. The van der Waals surface area contributed by atoms with Crippen LogP contribution in [0.2, 0.25) is 5.02 Å². The molecule has 0 unspecified atom stereocenters. The maximum Gasteiger partial charge on any atom is 0.255 e. The van der Waals surface area contributed by atoms with Crippen LogP contribution in [0, 0.1) is 0 Å². The number of hydrogen-bond acceptors (Lipinski definition) is 4. The first-order valence-electron chi connectivity index (χ1n) is 9.59. The summed E-state index contributed by atoms with van der Waals surface area (Å²) in [4.78, 5) is 19.8. The van der Waals surface area contributed by atoms with Crippen molar-refractivity contribution in [1.29, 1.82) is 0 Å². The predicted molar refractivity (Wildman–Crippen MR) is 112 cm³/mol. The number of nitrogens with zero attached hydrogens (tertiary/aromatic N) is 3. The van der Waals surface area contributed by atoms with Gasteiger partial charge in [-0.05, 0) is 53.9 Å². The highest BCUT2D eigenvalue weighted by atomic mass is 35.5. The average Bonchev–Trinajstić information content (AvgIpc) is 3.43. The van der Waals surface area contributed by atoms with Gasteiger partial charge in [-0.15, -0.1) is 0 Å². The Bertz CT molecular complexity index is 1180. The average molecular weight is 404 g/mol. The summed E-state index contributed by atoms with van der Waals surface area (Å²) in [6.45, 7) is 0.672. The first kappa shape index (κ1) is 17.9. The molecule has 0 aliphatic carbocycles. The molecule has 0 saturated carbocycles. The summed E-state index contributed by atoms with van der Waals surface area (Å²) >= 11 is 5.95. The zero-order chi connectivity index (χ0) is 19.8. The highest BCUT2D eigenvalue weighted by Crippen LogP contribution is 2.34. The molecule has 2 heterocycles. The minimum Gasteiger partial charge on any atom is -0.337 e. The lowest BCUT2D eigenvalue weighted by molar-refractivity contribution is 0.0712. The van der Waals surface area contributed by atoms with Crippen molar-refractivity contribution in [1.82, 2.24) is 15.0 Å². The van der Waals surface area contributed by atoms with Crippen LogP contribution in [0.15, 0.2) is 71.3 Å². The van der Waals surface area contributed by atoms with Gasteiger partial charge in [0.25, 0.3) is 5.91 Å². The summed E-state index contributed by atoms with van der Waals surface area (Å²) in [7, 11) is 0. The molecule has 5 rings (SSSR count). The van der Waals surface area contributed by atoms with Crippen LogP contribution in [0.3, 0.4) is 0 Å². The fourth-order valence-electron chi connectivity index (χ4n) is 3.92. The molecule has 0 bridgehead atoms. The summed E-state index contributed by atoms with van der Waals surface area (Å²) < 4.78 is 5.55. The van der Waals surface area contributed by atoms with Crippen molar-refractivity contribution < 1.29 is 9.32 Å². The normalized spacial score (nSPS) is 16.4. The van der Waals surface area contributed by atoms with Gasteiger partial charge in [0, 0.05) is 22.7 Å². The molecule has 29 heavy (non-hydrogen) atoms. The molecule has 1 saturated heterocycles. The number of fused-ring (bicyclic) bond motifs is 1. The Labute approximate surface area is 172 Å². The van der Waals surface area contributed by atoms with Crippen molar-refractivity contribution >= 4 is 28.3 Å². The number of benzene rings is 3. The van der Waals surface area contributed by atoms with Crippen LogP contribution >= 0.6 is 11.6 Å². The number of rotatable bonds is 3. The van der Waals surface area contributed by atoms with Crippen LogP contribution in [-0.2, 0) is 0 Å². The lowest BCUT2D eigenvalue weighted by Gasteiger charge is -2.22. The quantitative estimate of drug-likeness (QED) is 0.452. The molecule has 3 aromatic carbocycles. The van der Waals surface area contributed by atoms with E-state index in [-0.39, 0.29) is 11.9 Å². The van der Waals surface area contributed by atoms with Crippen molar-refractivity contribution in [3.63, 3.8) is 0 Å². The molecule has 1 aromatic heterocycles. The fourth-order valence-corrected chi connectivity index (χ4v) is 4.05. The van der Waals surface area contributed by atoms with E-state index in [1.807, 2.05) is 59.5 Å². The lowest BCUT2D eigenvalue weighted by atomic mass is 10.0. The number of aromatic nitrogens is 2. The molecule has 1 fully saturated rings. The molecule has 0 radical (unpaired) electrons. The van der Waals surface area contributed by atoms with Crippen molar-refractivity contribution in [2.45, 2.75) is 18.9 Å². The Kier molecular flexibility index (Phi) is 4.52. The van der Waals surface area contributed by atoms with E-state index in [1.54, 1.807) is 12.1 Å². The molecule has 144 valence electrons. The number of carbonyl (C=O) groups excluding carboxylic acids is 1. The highest BCUT2D eigenvalue weighted by molar-refractivity contribution is 6.30. The molecule has 6 heteroatoms. The van der Waals surface area contributed by atoms with E-state index in [2.05, 4.69) is 10.1 Å². The third-order valence-corrected chi connectivity index (χ3v) is 5.61. The summed E-state index contributed by atoms with van der Waals surface area (Å²) in [5.74, 6) is 0.970. The Balaban J connectivity index is 1.46. The molecule has 1 atom stereocenters. The second-order valence-corrected chi connectivity index (χ2v) is 7.58. The topological polar surface area (TPSA) is 59.2 Å². The van der Waals surface area contributed by atoms with E-state index in [9.17, 15) is 4.79 Å². The highest BCUT2D eigenvalue weighted by Gasteiger charge is 2.35. The zero-order valence-electron chi connectivity index (χ0n) is 15.6. The molecule has 0 spiro atoms. The number of carbonyl (C=O) groups is 1. The van der Waals surface area contributed by atoms with Crippen molar-refractivity contribution in [3.8, 4) is 11.4 Å². The van der Waals surface area contributed by atoms with Gasteiger partial charge in [0.05, 0.1) is 0 Å². The van der Waals surface area contributed by atoms with Gasteiger partial charge in [0.1, 0.15) is 6.04 Å². The minimum absolute atomic E-state index is 0.00413. The van der Waals surface area contributed by atoms with Gasteiger partial charge in [0.15, 0.2) is 0 Å². The number of hydrogen-bond donors (Lipinski definition) is 0. The predicted octanol–water partition coefficient (Wildman–Crippen LogP) is 5.52. The summed E-state index contributed by atoms with van der Waals surface area (Å²) in [6, 6.07) is 20.8. The van der Waals surface area contributed by atoms with Crippen molar-refractivity contribution in [2.24, 2.45) is 0 Å². The summed E-state index contributed by atoms with van der Waals surface area (Å²) in [5.41, 5.74) is 1.53. The Morgan fingerprint density at radius 2 is 1.83 bits per heavy atom. The smallest absolute Gasteiger partial charge is 0.255 e. The van der Waals surface area contributed by atoms with E-state index < -0.39 is 0 Å². The first-order valence-corrected chi connectivity index (χ1v) is 9.97. The monoisotopic (exact) mass is 403 g/mol. The Morgan fingerprint density at radius 3 is 2.69 bits per heavy atom. The summed E-state index contributed by atoms with van der Waals surface area (Å²) in [6.07, 6.45) is 1.71. The minimum atomic E-state index is -0.213. The zero-order valence-corrected chi connectivity index (χ0v) is 16.3. The van der Waals surface area contributed by atoms with Crippen LogP contribution in [0.5, 0.6) is 0 Å². The molecular weight excluding hydrogens is 386 g/mol. The van der Waals surface area contributed by atoms with Crippen molar-refractivity contribution in [3.05, 3.63) is 83.2 Å². The van der Waals surface area contributed by atoms with Crippen LogP contribution < -0.4 is 0 Å². The van der Waals surface area contributed by atoms with Crippen LogP contribution in [0.4, 0.5) is 0 Å². The molecule has 4 aromatic rings. The molecular formula is C23H18ClN3O2. The third kappa shape index (κ3) is 3.28. The molecule has 1 aliphatic heterocycles. The van der Waals surface area contributed by atoms with Crippen molar-refractivity contribution in [2.75, 3.05) is 6.54 Å². The van der Waals surface area contributed by atoms with Gasteiger partial charge in [-0.2, -0.15) is 4.98 Å². The number of halogens is 1. The standard InChI is InChI=1S/C23H18ClN3O2/c24-17-12-10-16(11-13-17)21-25-22(29-26-21)20-9-4-14-27(20)23(28)19-8-3-6-15-5-1-2-7-18(15)19/h1-3,5-8,10-13,20H,4,9,14H2/t20-/m0/s1. The van der Waals surface area contributed by atoms with Gasteiger partial charge >= 0.3 is 0 Å². The fraction of sp³-hybridized carbons (Fsp3) is 0.174. The van der Waals surface area contributed by atoms with Crippen LogP contribution in [-0.4, -0.2) is 27.5 Å². The van der Waals surface area contributed by atoms with Gasteiger partial charge in [-0.25, -0.2) is 0 Å². The third-order valence-electron chi connectivity index (χ3n) is 5.36. The maximum absolute atomic E-state index is 13.4. The largest absolute Gasteiger partial charge is 0.337 e. The van der Waals surface area contributed by atoms with Gasteiger partial charge in [0.2, 0.25) is 11.7 Å². The molecule has 0 N–H and O–H groups in total. The van der Waals surface area contributed by atoms with E-state index in [0.717, 1.165) is 29.2 Å². The number of likely N-dealkylation sites (tertiary alicyclic amines) is 1. The Hall–Kier alpha value is -3.18. The second-order valence-electron chi connectivity index (χ2n) is 7.15. The van der Waals surface area contributed by atoms with E-state index in [0.29, 0.717) is 28.8 Å². The van der Waals surface area contributed by atoms with Crippen LogP contribution in [0.25, 0.3) is 22.2 Å². The van der Waals surface area contributed by atoms with Gasteiger partial charge in [-0.1, -0.05) is 53.2 Å². The van der Waals surface area contributed by atoms with Gasteiger partial charge in [-0.3, -0.25) is 4.79 Å². The van der Waals surface area contributed by atoms with Crippen LogP contribution in [0.1, 0.15) is 35.1 Å². The Morgan fingerprint density at radius 1 is 1.03 bits per heavy atom. The molecule has 5 nitrogen and oxygen atoms in total. The summed E-state index contributed by atoms with van der Waals surface area (Å²) in [5, 5.41) is 6.77. The second kappa shape index (κ2) is 7.33. The van der Waals surface area contributed by atoms with E-state index in [1.165, 1.54) is 0 Å². The maximum atomic E-state index is 13.4. The SMILES string of the molecule is O=C(c1cccc2ccccc12)N1CCC[C@H]1c1nc(-c2ccc(Cl)cc2)no1.